The molecule has 0 amide bonds. The van der Waals surface area contributed by atoms with Crippen molar-refractivity contribution in [3.63, 3.8) is 0 Å². The summed E-state index contributed by atoms with van der Waals surface area (Å²) in [5, 5.41) is 12.2. The lowest BCUT2D eigenvalue weighted by molar-refractivity contribution is -0.141. The Balaban J connectivity index is 2.62. The Hall–Kier alpha value is -2.02. The third kappa shape index (κ3) is 2.55. The maximum atomic E-state index is 12.7. The second-order valence-corrected chi connectivity index (χ2v) is 4.00. The van der Waals surface area contributed by atoms with Gasteiger partial charge in [-0.1, -0.05) is 23.7 Å². The van der Waals surface area contributed by atoms with Crippen molar-refractivity contribution >= 4 is 17.6 Å². The first-order chi connectivity index (χ1) is 8.80. The van der Waals surface area contributed by atoms with E-state index in [0.29, 0.717) is 0 Å². The van der Waals surface area contributed by atoms with Crippen molar-refractivity contribution in [2.45, 2.75) is 6.18 Å². The minimum atomic E-state index is -4.85. The van der Waals surface area contributed by atoms with Crippen LogP contribution in [-0.4, -0.2) is 20.9 Å². The first-order valence-corrected chi connectivity index (χ1v) is 5.33. The zero-order valence-electron chi connectivity index (χ0n) is 9.15. The second-order valence-electron chi connectivity index (χ2n) is 3.59. The Morgan fingerprint density at radius 1 is 1.32 bits per heavy atom. The van der Waals surface area contributed by atoms with Crippen molar-refractivity contribution in [2.75, 3.05) is 0 Å². The lowest BCUT2D eigenvalue weighted by Crippen LogP contribution is -2.12. The van der Waals surface area contributed by atoms with Crippen molar-refractivity contribution in [3.05, 3.63) is 46.7 Å². The van der Waals surface area contributed by atoms with E-state index in [4.69, 9.17) is 16.7 Å². The molecule has 0 spiro atoms. The van der Waals surface area contributed by atoms with Gasteiger partial charge in [-0.15, -0.1) is 0 Å². The third-order valence-corrected chi connectivity index (χ3v) is 2.63. The van der Waals surface area contributed by atoms with Gasteiger partial charge in [0.25, 0.3) is 0 Å². The zero-order chi connectivity index (χ0) is 14.2. The zero-order valence-corrected chi connectivity index (χ0v) is 9.90. The summed E-state index contributed by atoms with van der Waals surface area (Å²) in [6, 6.07) is 6.04. The number of aromatic nitrogens is 2. The number of carboxylic acids is 1. The fraction of sp³-hybridized carbons (Fsp3) is 0.0909. The largest absolute Gasteiger partial charge is 0.478 e. The normalized spacial score (nSPS) is 11.6. The Kier molecular flexibility index (Phi) is 3.23. The highest BCUT2D eigenvalue weighted by atomic mass is 35.5. The molecule has 1 N–H and O–H groups in total. The first-order valence-electron chi connectivity index (χ1n) is 4.96. The van der Waals surface area contributed by atoms with Gasteiger partial charge in [-0.2, -0.15) is 18.3 Å². The van der Waals surface area contributed by atoms with E-state index in [-0.39, 0.29) is 10.7 Å². The van der Waals surface area contributed by atoms with Crippen LogP contribution < -0.4 is 0 Å². The highest BCUT2D eigenvalue weighted by molar-refractivity contribution is 6.32. The van der Waals surface area contributed by atoms with Crippen LogP contribution in [0.3, 0.4) is 0 Å². The number of nitrogens with zero attached hydrogens (tertiary/aromatic N) is 2. The molecule has 0 radical (unpaired) electrons. The molecule has 19 heavy (non-hydrogen) atoms. The van der Waals surface area contributed by atoms with Crippen LogP contribution >= 0.6 is 11.6 Å². The number of benzene rings is 1. The van der Waals surface area contributed by atoms with E-state index < -0.39 is 23.4 Å². The Labute approximate surface area is 110 Å². The molecule has 2 aromatic rings. The van der Waals surface area contributed by atoms with Crippen LogP contribution in [0.4, 0.5) is 13.2 Å². The number of carbonyl (C=O) groups is 1. The highest BCUT2D eigenvalue weighted by Crippen LogP contribution is 2.32. The number of carboxylic acid groups (broad SMARTS) is 1. The molecule has 0 atom stereocenters. The Morgan fingerprint density at radius 3 is 2.42 bits per heavy atom. The highest BCUT2D eigenvalue weighted by Gasteiger charge is 2.39. The topological polar surface area (TPSA) is 55.1 Å². The summed E-state index contributed by atoms with van der Waals surface area (Å²) in [5.41, 5.74) is -2.21. The van der Waals surface area contributed by atoms with Crippen LogP contribution in [0.1, 0.15) is 16.1 Å². The average molecular weight is 291 g/mol. The first kappa shape index (κ1) is 13.4. The van der Waals surface area contributed by atoms with Gasteiger partial charge < -0.3 is 5.11 Å². The summed E-state index contributed by atoms with van der Waals surface area (Å²) in [4.78, 5) is 10.8. The number of hydrogen-bond donors (Lipinski definition) is 1. The van der Waals surface area contributed by atoms with Crippen molar-refractivity contribution in [2.24, 2.45) is 0 Å². The van der Waals surface area contributed by atoms with Gasteiger partial charge in [-0.25, -0.2) is 9.48 Å². The minimum absolute atomic E-state index is 0.163. The van der Waals surface area contributed by atoms with Gasteiger partial charge in [0.15, 0.2) is 5.69 Å². The van der Waals surface area contributed by atoms with Crippen molar-refractivity contribution < 1.29 is 23.1 Å². The predicted molar refractivity (Wildman–Crippen MR) is 60.5 cm³/mol. The molecule has 100 valence electrons. The molecule has 0 saturated carbocycles. The molecule has 0 fully saturated rings. The predicted octanol–water partition coefficient (Wildman–Crippen LogP) is 3.24. The van der Waals surface area contributed by atoms with Crippen molar-refractivity contribution in [3.8, 4) is 5.69 Å². The Bertz CT molecular complexity index is 637. The third-order valence-electron chi connectivity index (χ3n) is 2.31. The Morgan fingerprint density at radius 2 is 1.95 bits per heavy atom. The van der Waals surface area contributed by atoms with Gasteiger partial charge in [0.1, 0.15) is 5.56 Å². The lowest BCUT2D eigenvalue weighted by Gasteiger charge is -2.04. The number of halogens is 4. The molecule has 0 aliphatic heterocycles. The number of hydrogen-bond acceptors (Lipinski definition) is 2. The monoisotopic (exact) mass is 290 g/mol. The molecule has 0 aliphatic rings. The number of alkyl halides is 3. The summed E-state index contributed by atoms with van der Waals surface area (Å²) >= 11 is 5.82. The molecular formula is C11H6ClF3N2O2. The van der Waals surface area contributed by atoms with Gasteiger partial charge in [0.2, 0.25) is 0 Å². The maximum Gasteiger partial charge on any atom is 0.436 e. The lowest BCUT2D eigenvalue weighted by atomic mass is 10.2. The summed E-state index contributed by atoms with van der Waals surface area (Å²) < 4.78 is 38.8. The SMILES string of the molecule is O=C(O)c1cn(-c2ccccc2Cl)nc1C(F)(F)F. The summed E-state index contributed by atoms with van der Waals surface area (Å²) in [5.74, 6) is -1.70. The minimum Gasteiger partial charge on any atom is -0.478 e. The summed E-state index contributed by atoms with van der Waals surface area (Å²) in [6.07, 6.45) is -4.06. The maximum absolute atomic E-state index is 12.7. The van der Waals surface area contributed by atoms with E-state index in [1.807, 2.05) is 0 Å². The van der Waals surface area contributed by atoms with E-state index >= 15 is 0 Å². The number of para-hydroxylation sites is 1. The van der Waals surface area contributed by atoms with E-state index in [0.717, 1.165) is 10.9 Å². The van der Waals surface area contributed by atoms with E-state index in [2.05, 4.69) is 5.10 Å². The molecule has 1 heterocycles. The van der Waals surface area contributed by atoms with Crippen LogP contribution in [0, 0.1) is 0 Å². The van der Waals surface area contributed by atoms with Crippen LogP contribution in [0.2, 0.25) is 5.02 Å². The molecular weight excluding hydrogens is 285 g/mol. The van der Waals surface area contributed by atoms with Gasteiger partial charge in [0, 0.05) is 6.20 Å². The molecule has 0 bridgehead atoms. The molecule has 0 saturated heterocycles. The molecule has 1 aromatic carbocycles. The van der Waals surface area contributed by atoms with E-state index in [1.165, 1.54) is 12.1 Å². The van der Waals surface area contributed by atoms with Gasteiger partial charge >= 0.3 is 12.1 Å². The number of aromatic carboxylic acids is 1. The molecule has 2 rings (SSSR count). The van der Waals surface area contributed by atoms with Crippen LogP contribution in [0.25, 0.3) is 5.69 Å². The molecule has 0 aliphatic carbocycles. The van der Waals surface area contributed by atoms with Crippen LogP contribution in [-0.2, 0) is 6.18 Å². The van der Waals surface area contributed by atoms with Crippen LogP contribution in [0.5, 0.6) is 0 Å². The van der Waals surface area contributed by atoms with E-state index in [1.54, 1.807) is 12.1 Å². The fourth-order valence-electron chi connectivity index (χ4n) is 1.50. The fourth-order valence-corrected chi connectivity index (χ4v) is 1.72. The summed E-state index contributed by atoms with van der Waals surface area (Å²) in [6.45, 7) is 0. The molecule has 1 aromatic heterocycles. The van der Waals surface area contributed by atoms with Gasteiger partial charge in [0.05, 0.1) is 10.7 Å². The molecule has 4 nitrogen and oxygen atoms in total. The quantitative estimate of drug-likeness (QED) is 0.924. The van der Waals surface area contributed by atoms with Gasteiger partial charge in [-0.3, -0.25) is 0 Å². The summed E-state index contributed by atoms with van der Waals surface area (Å²) in [7, 11) is 0. The van der Waals surface area contributed by atoms with E-state index in [9.17, 15) is 18.0 Å². The second kappa shape index (κ2) is 4.58. The van der Waals surface area contributed by atoms with Crippen LogP contribution in [0.15, 0.2) is 30.5 Å². The molecule has 0 unspecified atom stereocenters. The molecule has 8 heteroatoms. The standard InChI is InChI=1S/C11H6ClF3N2O2/c12-7-3-1-2-4-8(7)17-5-6(10(18)19)9(16-17)11(13,14)15/h1-5H,(H,18,19). The van der Waals surface area contributed by atoms with Gasteiger partial charge in [-0.05, 0) is 12.1 Å². The van der Waals surface area contributed by atoms with Crippen molar-refractivity contribution in [1.82, 2.24) is 9.78 Å². The average Bonchev–Trinajstić information content (AvgIpc) is 2.74. The smallest absolute Gasteiger partial charge is 0.436 e. The number of rotatable bonds is 2. The van der Waals surface area contributed by atoms with Crippen molar-refractivity contribution in [1.29, 1.82) is 0 Å².